The van der Waals surface area contributed by atoms with Gasteiger partial charge in [0.2, 0.25) is 0 Å². The number of hydrogen-bond donors (Lipinski definition) is 3. The average molecular weight is 247 g/mol. The van der Waals surface area contributed by atoms with Gasteiger partial charge in [0.1, 0.15) is 5.82 Å². The van der Waals surface area contributed by atoms with E-state index in [0.717, 1.165) is 0 Å². The minimum atomic E-state index is -0.512. The molecule has 0 radical (unpaired) electrons. The molecule has 16 heavy (non-hydrogen) atoms. The number of nitrogens with two attached hydrogens (primary N) is 1. The maximum atomic E-state index is 13.2. The first-order valence-corrected chi connectivity index (χ1v) is 5.45. The highest BCUT2D eigenvalue weighted by atomic mass is 35.5. The largest absolute Gasteiger partial charge is 0.397 e. The van der Waals surface area contributed by atoms with Gasteiger partial charge in [0.25, 0.3) is 0 Å². The van der Waals surface area contributed by atoms with E-state index in [-0.39, 0.29) is 23.6 Å². The topological polar surface area (TPSA) is 58.3 Å². The van der Waals surface area contributed by atoms with Crippen LogP contribution in [0.15, 0.2) is 12.1 Å². The van der Waals surface area contributed by atoms with Gasteiger partial charge in [-0.1, -0.05) is 18.5 Å². The summed E-state index contributed by atoms with van der Waals surface area (Å²) in [4.78, 5) is 0. The van der Waals surface area contributed by atoms with Gasteiger partial charge >= 0.3 is 0 Å². The second-order valence-corrected chi connectivity index (χ2v) is 4.35. The number of benzene rings is 1. The lowest BCUT2D eigenvalue weighted by atomic mass is 10.0. The Morgan fingerprint density at radius 2 is 2.12 bits per heavy atom. The van der Waals surface area contributed by atoms with Crippen LogP contribution in [0.2, 0.25) is 5.02 Å². The van der Waals surface area contributed by atoms with Gasteiger partial charge in [0.05, 0.1) is 16.4 Å². The summed E-state index contributed by atoms with van der Waals surface area (Å²) in [7, 11) is 0. The summed E-state index contributed by atoms with van der Waals surface area (Å²) in [5.74, 6) is -0.458. The molecule has 0 aromatic heterocycles. The van der Waals surface area contributed by atoms with Gasteiger partial charge in [-0.2, -0.15) is 0 Å². The van der Waals surface area contributed by atoms with Crippen molar-refractivity contribution in [2.75, 3.05) is 17.7 Å². The zero-order valence-electron chi connectivity index (χ0n) is 9.30. The minimum Gasteiger partial charge on any atom is -0.397 e. The smallest absolute Gasteiger partial charge is 0.143 e. The van der Waals surface area contributed by atoms with Crippen LogP contribution in [-0.2, 0) is 0 Å². The summed E-state index contributed by atoms with van der Waals surface area (Å²) in [6.07, 6.45) is 0. The molecule has 0 bridgehead atoms. The number of hydrogen-bond acceptors (Lipinski definition) is 3. The quantitative estimate of drug-likeness (QED) is 0.716. The van der Waals surface area contributed by atoms with Gasteiger partial charge in [-0.3, -0.25) is 0 Å². The highest BCUT2D eigenvalue weighted by Gasteiger charge is 2.13. The summed E-state index contributed by atoms with van der Waals surface area (Å²) >= 11 is 5.59. The number of nitrogen functional groups attached to an aromatic ring is 1. The number of nitrogens with one attached hydrogen (secondary N) is 1. The van der Waals surface area contributed by atoms with Gasteiger partial charge in [-0.15, -0.1) is 0 Å². The molecule has 2 atom stereocenters. The first kappa shape index (κ1) is 13.1. The molecule has 0 fully saturated rings. The van der Waals surface area contributed by atoms with E-state index < -0.39 is 5.82 Å². The molecule has 3 nitrogen and oxygen atoms in total. The standard InChI is InChI=1S/C11H16ClFN2O/c1-6(5-16)7(2)15-11-4-9(13)8(12)3-10(11)14/h3-4,6-7,15-16H,5,14H2,1-2H3. The summed E-state index contributed by atoms with van der Waals surface area (Å²) < 4.78 is 13.2. The van der Waals surface area contributed by atoms with E-state index in [1.54, 1.807) is 0 Å². The van der Waals surface area contributed by atoms with E-state index in [9.17, 15) is 4.39 Å². The molecule has 1 rings (SSSR count). The second-order valence-electron chi connectivity index (χ2n) is 3.95. The lowest BCUT2D eigenvalue weighted by molar-refractivity contribution is 0.226. The number of aliphatic hydroxyl groups is 1. The van der Waals surface area contributed by atoms with Crippen LogP contribution in [0.5, 0.6) is 0 Å². The minimum absolute atomic E-state index is 0.00547. The summed E-state index contributed by atoms with van der Waals surface area (Å²) in [6, 6.07) is 2.63. The van der Waals surface area contributed by atoms with Gasteiger partial charge in [0, 0.05) is 18.7 Å². The van der Waals surface area contributed by atoms with Gasteiger partial charge in [-0.05, 0) is 18.9 Å². The summed E-state index contributed by atoms with van der Waals surface area (Å²) in [5.41, 5.74) is 6.59. The molecule has 90 valence electrons. The SMILES string of the molecule is CC(CO)C(C)Nc1cc(F)c(Cl)cc1N. The molecule has 0 aliphatic rings. The third-order valence-electron chi connectivity index (χ3n) is 2.62. The summed E-state index contributed by atoms with van der Waals surface area (Å²) in [6.45, 7) is 3.84. The Balaban J connectivity index is 2.85. The molecule has 4 N–H and O–H groups in total. The molecule has 5 heteroatoms. The van der Waals surface area contributed by atoms with Crippen molar-refractivity contribution in [1.29, 1.82) is 0 Å². The van der Waals surface area contributed by atoms with Crippen LogP contribution in [0.25, 0.3) is 0 Å². The molecule has 1 aromatic carbocycles. The molecular formula is C11H16ClFN2O. The van der Waals surface area contributed by atoms with Crippen molar-refractivity contribution >= 4 is 23.0 Å². The monoisotopic (exact) mass is 246 g/mol. The molecule has 0 aliphatic heterocycles. The Morgan fingerprint density at radius 1 is 1.50 bits per heavy atom. The van der Waals surface area contributed by atoms with E-state index in [0.29, 0.717) is 11.4 Å². The zero-order valence-corrected chi connectivity index (χ0v) is 10.1. The predicted octanol–water partition coefficient (Wildman–Crippen LogP) is 2.49. The van der Waals surface area contributed by atoms with Crippen molar-refractivity contribution in [1.82, 2.24) is 0 Å². The molecule has 0 saturated heterocycles. The van der Waals surface area contributed by atoms with Crippen LogP contribution in [-0.4, -0.2) is 17.8 Å². The molecule has 0 heterocycles. The van der Waals surface area contributed by atoms with Gasteiger partial charge in [-0.25, -0.2) is 4.39 Å². The van der Waals surface area contributed by atoms with Gasteiger partial charge in [0.15, 0.2) is 0 Å². The van der Waals surface area contributed by atoms with Crippen LogP contribution in [0.3, 0.4) is 0 Å². The Morgan fingerprint density at radius 3 is 2.69 bits per heavy atom. The van der Waals surface area contributed by atoms with Crippen LogP contribution in [0, 0.1) is 11.7 Å². The Hall–Kier alpha value is -1.00. The van der Waals surface area contributed by atoms with Gasteiger partial charge < -0.3 is 16.2 Å². The van der Waals surface area contributed by atoms with Crippen molar-refractivity contribution < 1.29 is 9.50 Å². The Bertz CT molecular complexity index is 373. The number of halogens is 2. The number of anilines is 2. The normalized spacial score (nSPS) is 14.6. The molecule has 0 saturated carbocycles. The number of rotatable bonds is 4. The second kappa shape index (κ2) is 5.37. The van der Waals surface area contributed by atoms with Crippen molar-refractivity contribution in [3.8, 4) is 0 Å². The lowest BCUT2D eigenvalue weighted by Crippen LogP contribution is -2.26. The fourth-order valence-corrected chi connectivity index (χ4v) is 1.40. The van der Waals surface area contributed by atoms with Crippen LogP contribution in [0.4, 0.5) is 15.8 Å². The lowest BCUT2D eigenvalue weighted by Gasteiger charge is -2.21. The van der Waals surface area contributed by atoms with Crippen molar-refractivity contribution in [2.24, 2.45) is 5.92 Å². The molecular weight excluding hydrogens is 231 g/mol. The predicted molar refractivity (Wildman–Crippen MR) is 65.2 cm³/mol. The highest BCUT2D eigenvalue weighted by molar-refractivity contribution is 6.31. The first-order valence-electron chi connectivity index (χ1n) is 5.07. The fraction of sp³-hybridized carbons (Fsp3) is 0.455. The van der Waals surface area contributed by atoms with Crippen molar-refractivity contribution in [3.05, 3.63) is 23.0 Å². The van der Waals surface area contributed by atoms with E-state index in [4.69, 9.17) is 22.4 Å². The third-order valence-corrected chi connectivity index (χ3v) is 2.91. The molecule has 2 unspecified atom stereocenters. The molecule has 0 spiro atoms. The van der Waals surface area contributed by atoms with E-state index in [1.807, 2.05) is 13.8 Å². The van der Waals surface area contributed by atoms with Crippen molar-refractivity contribution in [2.45, 2.75) is 19.9 Å². The van der Waals surface area contributed by atoms with E-state index in [2.05, 4.69) is 5.32 Å². The first-order chi connectivity index (χ1) is 7.45. The van der Waals surface area contributed by atoms with Crippen molar-refractivity contribution in [3.63, 3.8) is 0 Å². The molecule has 0 aliphatic carbocycles. The van der Waals surface area contributed by atoms with Crippen LogP contribution < -0.4 is 11.1 Å². The molecule has 0 amide bonds. The maximum Gasteiger partial charge on any atom is 0.143 e. The Kier molecular flexibility index (Phi) is 4.38. The average Bonchev–Trinajstić information content (AvgIpc) is 2.24. The summed E-state index contributed by atoms with van der Waals surface area (Å²) in [5, 5.41) is 12.0. The Labute approximate surface area is 99.4 Å². The fourth-order valence-electron chi connectivity index (χ4n) is 1.23. The van der Waals surface area contributed by atoms with Crippen LogP contribution in [0.1, 0.15) is 13.8 Å². The molecule has 1 aromatic rings. The van der Waals surface area contributed by atoms with E-state index >= 15 is 0 Å². The maximum absolute atomic E-state index is 13.2. The van der Waals surface area contributed by atoms with Crippen LogP contribution >= 0.6 is 11.6 Å². The third kappa shape index (κ3) is 3.00. The highest BCUT2D eigenvalue weighted by Crippen LogP contribution is 2.27. The number of aliphatic hydroxyl groups excluding tert-OH is 1. The zero-order chi connectivity index (χ0) is 12.3. The van der Waals surface area contributed by atoms with E-state index in [1.165, 1.54) is 12.1 Å².